The van der Waals surface area contributed by atoms with E-state index in [2.05, 4.69) is 0 Å². The number of hydrogen-bond acceptors (Lipinski definition) is 2. The van der Waals surface area contributed by atoms with Crippen LogP contribution in [0.5, 0.6) is 0 Å². The molecular formula is C12H16Cl2N2O2. The van der Waals surface area contributed by atoms with Gasteiger partial charge in [-0.3, -0.25) is 4.79 Å². The molecule has 2 rings (SSSR count). The Balaban J connectivity index is 2.18. The first-order valence-electron chi connectivity index (χ1n) is 5.95. The minimum atomic E-state index is -0.0792. The molecule has 0 saturated carbocycles. The fourth-order valence-corrected chi connectivity index (χ4v) is 2.68. The molecule has 4 nitrogen and oxygen atoms in total. The summed E-state index contributed by atoms with van der Waals surface area (Å²) in [7, 11) is 1.72. The molecule has 1 saturated heterocycles. The average molecular weight is 291 g/mol. The van der Waals surface area contributed by atoms with Crippen molar-refractivity contribution < 1.29 is 9.90 Å². The van der Waals surface area contributed by atoms with E-state index in [1.54, 1.807) is 22.6 Å². The largest absolute Gasteiger partial charge is 0.396 e. The van der Waals surface area contributed by atoms with Crippen LogP contribution in [0.2, 0.25) is 10.2 Å². The van der Waals surface area contributed by atoms with E-state index in [9.17, 15) is 9.90 Å². The summed E-state index contributed by atoms with van der Waals surface area (Å²) in [6.07, 6.45) is 1.89. The van der Waals surface area contributed by atoms with Gasteiger partial charge in [0.25, 0.3) is 5.91 Å². The smallest absolute Gasteiger partial charge is 0.270 e. The topological polar surface area (TPSA) is 45.5 Å². The lowest BCUT2D eigenvalue weighted by molar-refractivity contribution is 0.0611. The van der Waals surface area contributed by atoms with Gasteiger partial charge in [-0.15, -0.1) is 0 Å². The predicted octanol–water partition coefficient (Wildman–Crippen LogP) is 2.18. The van der Waals surface area contributed by atoms with E-state index in [0.717, 1.165) is 19.4 Å². The average Bonchev–Trinajstić information content (AvgIpc) is 2.65. The van der Waals surface area contributed by atoms with Crippen LogP contribution < -0.4 is 0 Å². The number of nitrogens with zero attached hydrogens (tertiary/aromatic N) is 2. The second-order valence-corrected chi connectivity index (χ2v) is 5.43. The molecule has 1 aromatic heterocycles. The SMILES string of the molecule is Cn1c(C(=O)N2CCCC(CO)C2)cc(Cl)c1Cl. The molecule has 1 amide bonds. The molecular weight excluding hydrogens is 275 g/mol. The van der Waals surface area contributed by atoms with Crippen molar-refractivity contribution in [2.75, 3.05) is 19.7 Å². The summed E-state index contributed by atoms with van der Waals surface area (Å²) in [6, 6.07) is 1.59. The van der Waals surface area contributed by atoms with Gasteiger partial charge in [0.05, 0.1) is 5.02 Å². The Labute approximate surface area is 116 Å². The van der Waals surface area contributed by atoms with Crippen LogP contribution in [0.4, 0.5) is 0 Å². The highest BCUT2D eigenvalue weighted by Crippen LogP contribution is 2.27. The standard InChI is InChI=1S/C12H16Cl2N2O2/c1-15-10(5-9(13)11(15)14)12(18)16-4-2-3-8(6-16)7-17/h5,8,17H,2-4,6-7H2,1H3. The summed E-state index contributed by atoms with van der Waals surface area (Å²) in [5.41, 5.74) is 0.489. The molecule has 1 aliphatic rings. The van der Waals surface area contributed by atoms with E-state index < -0.39 is 0 Å². The van der Waals surface area contributed by atoms with E-state index in [4.69, 9.17) is 23.2 Å². The van der Waals surface area contributed by atoms with E-state index in [0.29, 0.717) is 22.4 Å². The molecule has 6 heteroatoms. The van der Waals surface area contributed by atoms with Crippen molar-refractivity contribution in [1.82, 2.24) is 9.47 Å². The molecule has 0 spiro atoms. The first kappa shape index (κ1) is 13.7. The molecule has 1 unspecified atom stereocenters. The number of likely N-dealkylation sites (tertiary alicyclic amines) is 1. The van der Waals surface area contributed by atoms with Crippen LogP contribution in [-0.4, -0.2) is 40.2 Å². The maximum atomic E-state index is 12.4. The van der Waals surface area contributed by atoms with E-state index in [1.807, 2.05) is 0 Å². The number of piperidine rings is 1. The van der Waals surface area contributed by atoms with Gasteiger partial charge >= 0.3 is 0 Å². The van der Waals surface area contributed by atoms with Crippen molar-refractivity contribution in [2.45, 2.75) is 12.8 Å². The zero-order valence-corrected chi connectivity index (χ0v) is 11.7. The lowest BCUT2D eigenvalue weighted by Crippen LogP contribution is -2.41. The minimum Gasteiger partial charge on any atom is -0.396 e. The lowest BCUT2D eigenvalue weighted by Gasteiger charge is -2.31. The third kappa shape index (κ3) is 2.51. The summed E-state index contributed by atoms with van der Waals surface area (Å²) < 4.78 is 1.59. The predicted molar refractivity (Wildman–Crippen MR) is 71.1 cm³/mol. The van der Waals surface area contributed by atoms with Crippen LogP contribution in [0.25, 0.3) is 0 Å². The molecule has 1 fully saturated rings. The zero-order valence-electron chi connectivity index (χ0n) is 10.2. The molecule has 0 radical (unpaired) electrons. The number of carbonyl (C=O) groups excluding carboxylic acids is 1. The van der Waals surface area contributed by atoms with Gasteiger partial charge in [0.1, 0.15) is 10.8 Å². The van der Waals surface area contributed by atoms with Gasteiger partial charge in [-0.25, -0.2) is 0 Å². The quantitative estimate of drug-likeness (QED) is 0.907. The van der Waals surface area contributed by atoms with Crippen molar-refractivity contribution in [3.8, 4) is 0 Å². The van der Waals surface area contributed by atoms with E-state index in [1.165, 1.54) is 0 Å². The number of aliphatic hydroxyl groups is 1. The summed E-state index contributed by atoms with van der Waals surface area (Å²) in [6.45, 7) is 1.43. The molecule has 18 heavy (non-hydrogen) atoms. The van der Waals surface area contributed by atoms with Crippen molar-refractivity contribution in [3.05, 3.63) is 21.9 Å². The fourth-order valence-electron chi connectivity index (χ4n) is 2.31. The number of aliphatic hydroxyl groups excluding tert-OH is 1. The van der Waals surface area contributed by atoms with Gasteiger partial charge in [0.15, 0.2) is 0 Å². The molecule has 100 valence electrons. The van der Waals surface area contributed by atoms with Crippen LogP contribution in [0, 0.1) is 5.92 Å². The summed E-state index contributed by atoms with van der Waals surface area (Å²) in [4.78, 5) is 14.1. The monoisotopic (exact) mass is 290 g/mol. The van der Waals surface area contributed by atoms with Crippen LogP contribution in [0.3, 0.4) is 0 Å². The second-order valence-electron chi connectivity index (χ2n) is 4.67. The number of aromatic nitrogens is 1. The maximum Gasteiger partial charge on any atom is 0.270 e. The second kappa shape index (κ2) is 5.51. The normalized spacial score (nSPS) is 20.2. The van der Waals surface area contributed by atoms with E-state index >= 15 is 0 Å². The number of halogens is 2. The minimum absolute atomic E-state index is 0.0792. The highest BCUT2D eigenvalue weighted by Gasteiger charge is 2.26. The van der Waals surface area contributed by atoms with Gasteiger partial charge in [0.2, 0.25) is 0 Å². The lowest BCUT2D eigenvalue weighted by atomic mass is 9.99. The number of carbonyl (C=O) groups is 1. The number of rotatable bonds is 2. The van der Waals surface area contributed by atoms with Crippen LogP contribution in [0.1, 0.15) is 23.3 Å². The van der Waals surface area contributed by atoms with Crippen molar-refractivity contribution in [1.29, 1.82) is 0 Å². The van der Waals surface area contributed by atoms with Crippen LogP contribution in [0.15, 0.2) is 6.07 Å². The number of amides is 1. The summed E-state index contributed by atoms with van der Waals surface area (Å²) in [5.74, 6) is 0.0957. The molecule has 1 N–H and O–H groups in total. The van der Waals surface area contributed by atoms with Crippen molar-refractivity contribution in [2.24, 2.45) is 13.0 Å². The van der Waals surface area contributed by atoms with Gasteiger partial charge in [-0.1, -0.05) is 23.2 Å². The Morgan fingerprint density at radius 1 is 1.56 bits per heavy atom. The first-order chi connectivity index (χ1) is 8.54. The maximum absolute atomic E-state index is 12.4. The third-order valence-corrected chi connectivity index (χ3v) is 4.24. The van der Waals surface area contributed by atoms with Gasteiger partial charge in [-0.05, 0) is 24.8 Å². The molecule has 1 aliphatic heterocycles. The number of hydrogen-bond donors (Lipinski definition) is 1. The zero-order chi connectivity index (χ0) is 13.3. The van der Waals surface area contributed by atoms with Crippen molar-refractivity contribution in [3.63, 3.8) is 0 Å². The Kier molecular flexibility index (Phi) is 4.20. The molecule has 0 aromatic carbocycles. The van der Waals surface area contributed by atoms with Gasteiger partial charge in [0, 0.05) is 26.7 Å². The Morgan fingerprint density at radius 2 is 2.28 bits per heavy atom. The molecule has 0 bridgehead atoms. The highest BCUT2D eigenvalue weighted by atomic mass is 35.5. The van der Waals surface area contributed by atoms with Gasteiger partial charge < -0.3 is 14.6 Å². The first-order valence-corrected chi connectivity index (χ1v) is 6.71. The van der Waals surface area contributed by atoms with Crippen LogP contribution >= 0.6 is 23.2 Å². The third-order valence-electron chi connectivity index (χ3n) is 3.40. The van der Waals surface area contributed by atoms with Crippen LogP contribution in [-0.2, 0) is 7.05 Å². The van der Waals surface area contributed by atoms with Gasteiger partial charge in [-0.2, -0.15) is 0 Å². The molecule has 1 aromatic rings. The summed E-state index contributed by atoms with van der Waals surface area (Å²) >= 11 is 11.9. The summed E-state index contributed by atoms with van der Waals surface area (Å²) in [5, 5.41) is 9.94. The Hall–Kier alpha value is -0.710. The molecule has 1 atom stereocenters. The highest BCUT2D eigenvalue weighted by molar-refractivity contribution is 6.41. The molecule has 2 heterocycles. The molecule has 0 aliphatic carbocycles. The Morgan fingerprint density at radius 3 is 2.83 bits per heavy atom. The van der Waals surface area contributed by atoms with Crippen molar-refractivity contribution >= 4 is 29.1 Å². The van der Waals surface area contributed by atoms with E-state index in [-0.39, 0.29) is 18.4 Å². The fraction of sp³-hybridized carbons (Fsp3) is 0.583. The Bertz CT molecular complexity index is 459.